The quantitative estimate of drug-likeness (QED) is 0.368. The van der Waals surface area contributed by atoms with Crippen LogP contribution in [0.4, 0.5) is 0 Å². The standard InChI is InChI=1S/C6H8O7.Fe.Na.H2O.H/c7-3(8)1-6(13,5(11)12)2-4(9)10;;;;/h13H,1-2H2,(H,7,8)(H,9,10)(H,11,12);;;1H2;/q;;+1;;-1. The molecule has 0 atom stereocenters. The molecule has 92 valence electrons. The van der Waals surface area contributed by atoms with Crippen LogP contribution in [-0.2, 0) is 31.5 Å². The molecule has 0 radical (unpaired) electrons. The molecular formula is C6H11FeNaO8. The number of carbonyl (C=O) groups is 3. The Morgan fingerprint density at radius 3 is 1.38 bits per heavy atom. The Bertz CT molecular complexity index is 244. The zero-order valence-corrected chi connectivity index (χ0v) is 11.4. The van der Waals surface area contributed by atoms with E-state index in [1.165, 1.54) is 0 Å². The Kier molecular flexibility index (Phi) is 15.6. The molecule has 0 spiro atoms. The first-order valence-electron chi connectivity index (χ1n) is 3.17. The van der Waals surface area contributed by atoms with Gasteiger partial charge < -0.3 is 27.3 Å². The summed E-state index contributed by atoms with van der Waals surface area (Å²) in [5.41, 5.74) is -2.74. The fraction of sp³-hybridized carbons (Fsp3) is 0.500. The van der Waals surface area contributed by atoms with Gasteiger partial charge in [0.2, 0.25) is 0 Å². The maximum absolute atomic E-state index is 10.3. The van der Waals surface area contributed by atoms with Crippen molar-refractivity contribution < 1.29 is 88.3 Å². The molecule has 10 heteroatoms. The van der Waals surface area contributed by atoms with Gasteiger partial charge in [-0.1, -0.05) is 0 Å². The Labute approximate surface area is 124 Å². The number of rotatable bonds is 5. The second-order valence-electron chi connectivity index (χ2n) is 2.48. The molecular weight excluding hydrogens is 279 g/mol. The van der Waals surface area contributed by atoms with Gasteiger partial charge in [0, 0.05) is 17.1 Å². The summed E-state index contributed by atoms with van der Waals surface area (Å²) in [5, 5.41) is 33.8. The zero-order valence-electron chi connectivity index (χ0n) is 9.28. The summed E-state index contributed by atoms with van der Waals surface area (Å²) in [6.45, 7) is 0. The summed E-state index contributed by atoms with van der Waals surface area (Å²) >= 11 is 0. The molecule has 0 unspecified atom stereocenters. The summed E-state index contributed by atoms with van der Waals surface area (Å²) in [5.74, 6) is -5.02. The second-order valence-corrected chi connectivity index (χ2v) is 2.48. The predicted molar refractivity (Wildman–Crippen MR) is 41.8 cm³/mol. The first-order valence-corrected chi connectivity index (χ1v) is 3.17. The average molecular weight is 290 g/mol. The third-order valence-electron chi connectivity index (χ3n) is 1.29. The average Bonchev–Trinajstić information content (AvgIpc) is 1.82. The van der Waals surface area contributed by atoms with Gasteiger partial charge in [-0.2, -0.15) is 0 Å². The van der Waals surface area contributed by atoms with Crippen LogP contribution >= 0.6 is 0 Å². The molecule has 0 saturated carbocycles. The van der Waals surface area contributed by atoms with E-state index in [-0.39, 0.29) is 53.5 Å². The van der Waals surface area contributed by atoms with E-state index in [1.54, 1.807) is 0 Å². The minimum absolute atomic E-state index is 0. The van der Waals surface area contributed by atoms with Crippen LogP contribution in [0.15, 0.2) is 0 Å². The molecule has 0 bridgehead atoms. The van der Waals surface area contributed by atoms with Crippen LogP contribution in [0.2, 0.25) is 0 Å². The second kappa shape index (κ2) is 10.0. The van der Waals surface area contributed by atoms with Crippen molar-refractivity contribution in [2.45, 2.75) is 18.4 Å². The van der Waals surface area contributed by atoms with Crippen molar-refractivity contribution in [2.24, 2.45) is 0 Å². The number of aliphatic hydroxyl groups is 1. The van der Waals surface area contributed by atoms with Crippen molar-refractivity contribution in [3.8, 4) is 0 Å². The summed E-state index contributed by atoms with van der Waals surface area (Å²) in [7, 11) is 0. The van der Waals surface area contributed by atoms with Crippen molar-refractivity contribution >= 4 is 17.9 Å². The van der Waals surface area contributed by atoms with E-state index in [9.17, 15) is 14.4 Å². The molecule has 0 aromatic carbocycles. The van der Waals surface area contributed by atoms with Crippen LogP contribution in [0.1, 0.15) is 14.3 Å². The molecule has 0 aromatic rings. The van der Waals surface area contributed by atoms with E-state index in [4.69, 9.17) is 20.4 Å². The number of carboxylic acids is 3. The first kappa shape index (κ1) is 24.9. The maximum atomic E-state index is 10.3. The monoisotopic (exact) mass is 290 g/mol. The van der Waals surface area contributed by atoms with Gasteiger partial charge in [0.25, 0.3) is 0 Å². The van der Waals surface area contributed by atoms with Crippen molar-refractivity contribution in [3.05, 3.63) is 0 Å². The zero-order chi connectivity index (χ0) is 10.6. The molecule has 0 heterocycles. The van der Waals surface area contributed by atoms with Crippen molar-refractivity contribution in [2.75, 3.05) is 0 Å². The van der Waals surface area contributed by atoms with Gasteiger partial charge in [-0.15, -0.1) is 0 Å². The third-order valence-corrected chi connectivity index (χ3v) is 1.29. The minimum Gasteiger partial charge on any atom is -1.00 e. The Hall–Kier alpha value is -0.151. The van der Waals surface area contributed by atoms with Crippen LogP contribution < -0.4 is 29.6 Å². The number of carboxylic acid groups (broad SMARTS) is 3. The summed E-state index contributed by atoms with van der Waals surface area (Å²) in [6, 6.07) is 0. The van der Waals surface area contributed by atoms with Gasteiger partial charge in [-0.3, -0.25) is 9.59 Å². The van der Waals surface area contributed by atoms with E-state index < -0.39 is 36.4 Å². The normalized spacial score (nSPS) is 8.81. The largest absolute Gasteiger partial charge is 1.00 e. The molecule has 0 aliphatic heterocycles. The molecule has 0 aromatic heterocycles. The van der Waals surface area contributed by atoms with E-state index in [0.717, 1.165) is 0 Å². The van der Waals surface area contributed by atoms with Crippen LogP contribution in [0.3, 0.4) is 0 Å². The van der Waals surface area contributed by atoms with E-state index >= 15 is 0 Å². The van der Waals surface area contributed by atoms with Crippen LogP contribution in [0.5, 0.6) is 0 Å². The van der Waals surface area contributed by atoms with Gasteiger partial charge in [0.15, 0.2) is 5.60 Å². The third kappa shape index (κ3) is 9.10. The molecule has 0 saturated heterocycles. The summed E-state index contributed by atoms with van der Waals surface area (Å²) < 4.78 is 0. The smallest absolute Gasteiger partial charge is 1.00 e. The SMILES string of the molecule is O.O=C(O)CC(O)(CC(=O)O)C(=O)O.[Fe].[H-].[Na+]. The fourth-order valence-electron chi connectivity index (χ4n) is 0.714. The molecule has 6 N–H and O–H groups in total. The number of aliphatic carboxylic acids is 3. The molecule has 0 aliphatic carbocycles. The van der Waals surface area contributed by atoms with Gasteiger partial charge in [0.05, 0.1) is 12.8 Å². The molecule has 8 nitrogen and oxygen atoms in total. The fourth-order valence-corrected chi connectivity index (χ4v) is 0.714. The van der Waals surface area contributed by atoms with Crippen LogP contribution in [0, 0.1) is 0 Å². The topological polar surface area (TPSA) is 164 Å². The molecule has 0 aliphatic rings. The van der Waals surface area contributed by atoms with Gasteiger partial charge >= 0.3 is 47.5 Å². The van der Waals surface area contributed by atoms with Crippen LogP contribution in [-0.4, -0.2) is 49.4 Å². The van der Waals surface area contributed by atoms with Crippen molar-refractivity contribution in [1.29, 1.82) is 0 Å². The Morgan fingerprint density at radius 2 is 1.25 bits per heavy atom. The number of hydrogen-bond acceptors (Lipinski definition) is 4. The molecule has 0 fully saturated rings. The van der Waals surface area contributed by atoms with Gasteiger partial charge in [0.1, 0.15) is 0 Å². The Morgan fingerprint density at radius 1 is 1.00 bits per heavy atom. The summed E-state index contributed by atoms with van der Waals surface area (Å²) in [4.78, 5) is 30.5. The van der Waals surface area contributed by atoms with Crippen molar-refractivity contribution in [1.82, 2.24) is 0 Å². The Balaban J connectivity index is -0.000000120. The van der Waals surface area contributed by atoms with E-state index in [1.807, 2.05) is 0 Å². The van der Waals surface area contributed by atoms with Crippen LogP contribution in [0.25, 0.3) is 0 Å². The predicted octanol–water partition coefficient (Wildman–Crippen LogP) is -4.96. The maximum Gasteiger partial charge on any atom is 1.00 e. The molecule has 0 rings (SSSR count). The first-order chi connectivity index (χ1) is 5.78. The van der Waals surface area contributed by atoms with Gasteiger partial charge in [-0.05, 0) is 0 Å². The van der Waals surface area contributed by atoms with E-state index in [2.05, 4.69) is 0 Å². The molecule has 16 heavy (non-hydrogen) atoms. The van der Waals surface area contributed by atoms with E-state index in [0.29, 0.717) is 0 Å². The van der Waals surface area contributed by atoms with Gasteiger partial charge in [-0.25, -0.2) is 4.79 Å². The van der Waals surface area contributed by atoms with Crippen molar-refractivity contribution in [3.63, 3.8) is 0 Å². The molecule has 0 amide bonds. The number of hydrogen-bond donors (Lipinski definition) is 4. The minimum atomic E-state index is -2.74. The summed E-state index contributed by atoms with van der Waals surface area (Å²) in [6.07, 6.45) is -2.29.